The lowest BCUT2D eigenvalue weighted by atomic mass is 10.2. The number of halogens is 2. The summed E-state index contributed by atoms with van der Waals surface area (Å²) in [6.45, 7) is 0.587. The lowest BCUT2D eigenvalue weighted by molar-refractivity contribution is 0.246. The first-order chi connectivity index (χ1) is 12.1. The van der Waals surface area contributed by atoms with Gasteiger partial charge in [-0.3, -0.25) is 0 Å². The van der Waals surface area contributed by atoms with Crippen LogP contribution in [-0.4, -0.2) is 5.11 Å². The summed E-state index contributed by atoms with van der Waals surface area (Å²) in [5, 5.41) is 11.4. The average Bonchev–Trinajstić information content (AvgIpc) is 2.59. The van der Waals surface area contributed by atoms with E-state index in [2.05, 4.69) is 0 Å². The number of ether oxygens (including phenoxy) is 2. The van der Waals surface area contributed by atoms with Crippen LogP contribution in [0.4, 0.5) is 0 Å². The van der Waals surface area contributed by atoms with E-state index in [-0.39, 0.29) is 12.4 Å². The van der Waals surface area contributed by atoms with Crippen molar-refractivity contribution in [3.05, 3.63) is 87.9 Å². The van der Waals surface area contributed by atoms with Gasteiger partial charge < -0.3 is 14.6 Å². The summed E-state index contributed by atoms with van der Waals surface area (Å²) in [4.78, 5) is 0. The van der Waals surface area contributed by atoms with Crippen LogP contribution in [0.2, 0.25) is 10.0 Å². The average molecular weight is 375 g/mol. The van der Waals surface area contributed by atoms with E-state index < -0.39 is 0 Å². The van der Waals surface area contributed by atoms with E-state index in [4.69, 9.17) is 32.7 Å². The van der Waals surface area contributed by atoms with Gasteiger partial charge in [-0.2, -0.15) is 0 Å². The number of rotatable bonds is 6. The highest BCUT2D eigenvalue weighted by molar-refractivity contribution is 6.30. The van der Waals surface area contributed by atoms with E-state index >= 15 is 0 Å². The van der Waals surface area contributed by atoms with Gasteiger partial charge in [0.05, 0.1) is 0 Å². The fourth-order valence-corrected chi connectivity index (χ4v) is 2.76. The second kappa shape index (κ2) is 8.15. The van der Waals surface area contributed by atoms with Crippen LogP contribution in [0, 0.1) is 0 Å². The molecule has 0 unspecified atom stereocenters. The summed E-state index contributed by atoms with van der Waals surface area (Å²) < 4.78 is 11.6. The van der Waals surface area contributed by atoms with Gasteiger partial charge in [-0.15, -0.1) is 0 Å². The van der Waals surface area contributed by atoms with Crippen LogP contribution in [0.15, 0.2) is 66.7 Å². The summed E-state index contributed by atoms with van der Waals surface area (Å²) >= 11 is 12.0. The maximum atomic E-state index is 10.1. The van der Waals surface area contributed by atoms with Crippen LogP contribution in [0.3, 0.4) is 0 Å². The first-order valence-electron chi connectivity index (χ1n) is 7.68. The molecule has 0 radical (unpaired) electrons. The number of para-hydroxylation sites is 1. The van der Waals surface area contributed by atoms with Gasteiger partial charge in [-0.1, -0.05) is 53.5 Å². The Morgan fingerprint density at radius 2 is 1.28 bits per heavy atom. The molecule has 0 spiro atoms. The molecule has 5 heteroatoms. The smallest absolute Gasteiger partial charge is 0.203 e. The van der Waals surface area contributed by atoms with Crippen LogP contribution in [-0.2, 0) is 13.2 Å². The predicted octanol–water partition coefficient (Wildman–Crippen LogP) is 5.86. The summed E-state index contributed by atoms with van der Waals surface area (Å²) in [6, 6.07) is 19.8. The lowest BCUT2D eigenvalue weighted by Crippen LogP contribution is -2.01. The van der Waals surface area contributed by atoms with E-state index in [1.165, 1.54) is 0 Å². The monoisotopic (exact) mass is 374 g/mol. The number of hydrogen-bond acceptors (Lipinski definition) is 3. The molecule has 0 aliphatic heterocycles. The second-order valence-electron chi connectivity index (χ2n) is 5.44. The summed E-state index contributed by atoms with van der Waals surface area (Å²) in [5.41, 5.74) is 1.83. The van der Waals surface area contributed by atoms with Crippen molar-refractivity contribution < 1.29 is 14.6 Å². The highest BCUT2D eigenvalue weighted by Crippen LogP contribution is 2.37. The quantitative estimate of drug-likeness (QED) is 0.587. The van der Waals surface area contributed by atoms with E-state index in [0.29, 0.717) is 28.2 Å². The fraction of sp³-hybridized carbons (Fsp3) is 0.100. The van der Waals surface area contributed by atoms with E-state index in [0.717, 1.165) is 11.1 Å². The van der Waals surface area contributed by atoms with Crippen molar-refractivity contribution in [1.29, 1.82) is 0 Å². The van der Waals surface area contributed by atoms with Crippen molar-refractivity contribution in [1.82, 2.24) is 0 Å². The Hall–Kier alpha value is -2.36. The van der Waals surface area contributed by atoms with Crippen molar-refractivity contribution in [2.45, 2.75) is 13.2 Å². The van der Waals surface area contributed by atoms with Gasteiger partial charge in [0.2, 0.25) is 5.75 Å². The van der Waals surface area contributed by atoms with Crippen molar-refractivity contribution >= 4 is 23.2 Å². The molecule has 0 aliphatic carbocycles. The normalized spacial score (nSPS) is 10.5. The second-order valence-corrected chi connectivity index (χ2v) is 6.31. The molecule has 3 aromatic rings. The molecular formula is C20H16Cl2O3. The fourth-order valence-electron chi connectivity index (χ4n) is 2.33. The Morgan fingerprint density at radius 1 is 0.720 bits per heavy atom. The van der Waals surface area contributed by atoms with Crippen molar-refractivity contribution in [2.75, 3.05) is 0 Å². The van der Waals surface area contributed by atoms with Crippen LogP contribution >= 0.6 is 23.2 Å². The summed E-state index contributed by atoms with van der Waals surface area (Å²) in [6.07, 6.45) is 0. The van der Waals surface area contributed by atoms with Crippen molar-refractivity contribution in [3.63, 3.8) is 0 Å². The maximum absolute atomic E-state index is 10.1. The zero-order chi connectivity index (χ0) is 17.6. The molecule has 0 fully saturated rings. The third-order valence-electron chi connectivity index (χ3n) is 3.51. The maximum Gasteiger partial charge on any atom is 0.203 e. The number of phenols is 1. The number of aromatic hydroxyl groups is 1. The summed E-state index contributed by atoms with van der Waals surface area (Å²) in [5.74, 6) is 0.775. The Bertz CT molecular complexity index is 865. The molecule has 128 valence electrons. The van der Waals surface area contributed by atoms with Gasteiger partial charge in [0.15, 0.2) is 11.5 Å². The highest BCUT2D eigenvalue weighted by Gasteiger charge is 2.11. The topological polar surface area (TPSA) is 38.7 Å². The van der Waals surface area contributed by atoms with Crippen LogP contribution in [0.5, 0.6) is 17.2 Å². The van der Waals surface area contributed by atoms with Crippen LogP contribution < -0.4 is 9.47 Å². The van der Waals surface area contributed by atoms with E-state index in [1.54, 1.807) is 30.3 Å². The number of hydrogen-bond donors (Lipinski definition) is 1. The van der Waals surface area contributed by atoms with Gasteiger partial charge in [-0.25, -0.2) is 0 Å². The highest BCUT2D eigenvalue weighted by atomic mass is 35.5. The van der Waals surface area contributed by atoms with Crippen LogP contribution in [0.1, 0.15) is 11.1 Å². The predicted molar refractivity (Wildman–Crippen MR) is 99.7 cm³/mol. The SMILES string of the molecule is Oc1cccc(OCc2cccc(Cl)c2)c1OCc1cccc(Cl)c1. The Balaban J connectivity index is 1.73. The zero-order valence-electron chi connectivity index (χ0n) is 13.3. The number of benzene rings is 3. The molecule has 0 aliphatic rings. The molecule has 0 saturated heterocycles. The molecule has 0 aromatic heterocycles. The molecule has 25 heavy (non-hydrogen) atoms. The minimum absolute atomic E-state index is 0.0191. The molecule has 0 heterocycles. The molecule has 0 atom stereocenters. The van der Waals surface area contributed by atoms with Gasteiger partial charge in [0.1, 0.15) is 13.2 Å². The van der Waals surface area contributed by atoms with Crippen molar-refractivity contribution in [3.8, 4) is 17.2 Å². The molecule has 0 bridgehead atoms. The molecular weight excluding hydrogens is 359 g/mol. The van der Waals surface area contributed by atoms with E-state index in [9.17, 15) is 5.11 Å². The Labute approximate surface area is 156 Å². The first kappa shape index (κ1) is 17.5. The number of phenolic OH excluding ortho intramolecular Hbond substituents is 1. The molecule has 0 amide bonds. The molecule has 3 aromatic carbocycles. The molecule has 3 rings (SSSR count). The van der Waals surface area contributed by atoms with Gasteiger partial charge >= 0.3 is 0 Å². The Kier molecular flexibility index (Phi) is 5.69. The Morgan fingerprint density at radius 3 is 1.88 bits per heavy atom. The van der Waals surface area contributed by atoms with Crippen LogP contribution in [0.25, 0.3) is 0 Å². The van der Waals surface area contributed by atoms with Gasteiger partial charge in [0.25, 0.3) is 0 Å². The van der Waals surface area contributed by atoms with Crippen molar-refractivity contribution in [2.24, 2.45) is 0 Å². The molecule has 0 saturated carbocycles. The van der Waals surface area contributed by atoms with Gasteiger partial charge in [0, 0.05) is 10.0 Å². The largest absolute Gasteiger partial charge is 0.504 e. The first-order valence-corrected chi connectivity index (χ1v) is 8.44. The zero-order valence-corrected chi connectivity index (χ0v) is 14.8. The molecule has 3 nitrogen and oxygen atoms in total. The standard InChI is InChI=1S/C20H16Cl2O3/c21-16-6-1-4-14(10-16)12-24-19-9-3-8-18(23)20(19)25-13-15-5-2-7-17(22)11-15/h1-11,23H,12-13H2. The lowest BCUT2D eigenvalue weighted by Gasteiger charge is -2.14. The minimum Gasteiger partial charge on any atom is -0.504 e. The molecule has 1 N–H and O–H groups in total. The summed E-state index contributed by atoms with van der Waals surface area (Å²) in [7, 11) is 0. The van der Waals surface area contributed by atoms with E-state index in [1.807, 2.05) is 36.4 Å². The minimum atomic E-state index is 0.0191. The van der Waals surface area contributed by atoms with Gasteiger partial charge in [-0.05, 0) is 47.5 Å². The third-order valence-corrected chi connectivity index (χ3v) is 3.98. The third kappa shape index (κ3) is 4.81.